The van der Waals surface area contributed by atoms with Crippen molar-refractivity contribution >= 4 is 33.2 Å². The largest absolute Gasteiger partial charge is 0.339 e. The molecule has 0 radical (unpaired) electrons. The first-order valence-corrected chi connectivity index (χ1v) is 10.7. The van der Waals surface area contributed by atoms with E-state index >= 15 is 0 Å². The number of nitrogens with one attached hydrogen (secondary N) is 2. The van der Waals surface area contributed by atoms with Crippen LogP contribution in [-0.4, -0.2) is 43.2 Å². The van der Waals surface area contributed by atoms with Crippen LogP contribution < -0.4 is 22.5 Å². The minimum absolute atomic E-state index is 0.351. The summed E-state index contributed by atoms with van der Waals surface area (Å²) in [6.07, 6.45) is 4.60. The van der Waals surface area contributed by atoms with Crippen LogP contribution in [0.15, 0.2) is 74.4 Å². The van der Waals surface area contributed by atoms with Crippen molar-refractivity contribution in [3.8, 4) is 0 Å². The number of benzene rings is 1. The Morgan fingerprint density at radius 3 is 1.58 bits per heavy atom. The minimum atomic E-state index is -0.371. The molecule has 0 atom stereocenters. The van der Waals surface area contributed by atoms with Gasteiger partial charge in [-0.05, 0) is 12.1 Å². The zero-order valence-electron chi connectivity index (χ0n) is 20.0. The molecule has 13 nitrogen and oxygen atoms in total. The van der Waals surface area contributed by atoms with Crippen molar-refractivity contribution < 1.29 is 0 Å². The molecule has 0 fully saturated rings. The highest BCUT2D eigenvalue weighted by Crippen LogP contribution is 2.08. The van der Waals surface area contributed by atoms with E-state index in [9.17, 15) is 19.2 Å². The molecule has 2 N–H and O–H groups in total. The number of imidazole rings is 2. The van der Waals surface area contributed by atoms with E-state index in [4.69, 9.17) is 0 Å². The Hall–Kier alpha value is -5.07. The van der Waals surface area contributed by atoms with Crippen LogP contribution in [0.2, 0.25) is 0 Å². The zero-order chi connectivity index (χ0) is 26.0. The van der Waals surface area contributed by atoms with Gasteiger partial charge in [0.05, 0.1) is 18.2 Å². The van der Waals surface area contributed by atoms with Crippen molar-refractivity contribution in [2.24, 2.45) is 28.2 Å². The summed E-state index contributed by atoms with van der Waals surface area (Å²) in [6.45, 7) is 0. The molecule has 0 saturated heterocycles. The SMILES string of the molecule is Cn1c(=O)c2[nH]cnc2n(C)c1=O.Cn1c(=O)c2[nH]cnc2n(C)c1=O.c1ccc2ncccc2c1. The zero-order valence-corrected chi connectivity index (χ0v) is 20.0. The second-order valence-corrected chi connectivity index (χ2v) is 7.81. The average molecular weight is 489 g/mol. The van der Waals surface area contributed by atoms with Gasteiger partial charge in [0.2, 0.25) is 0 Å². The van der Waals surface area contributed by atoms with Crippen LogP contribution in [0, 0.1) is 0 Å². The van der Waals surface area contributed by atoms with Gasteiger partial charge in [0.15, 0.2) is 11.3 Å². The van der Waals surface area contributed by atoms with Crippen LogP contribution >= 0.6 is 0 Å². The molecule has 0 aliphatic carbocycles. The highest BCUT2D eigenvalue weighted by Gasteiger charge is 2.10. The molecule has 0 aliphatic heterocycles. The minimum Gasteiger partial charge on any atom is -0.339 e. The van der Waals surface area contributed by atoms with Gasteiger partial charge in [0.1, 0.15) is 11.0 Å². The molecule has 1 aromatic carbocycles. The first-order chi connectivity index (χ1) is 17.2. The molecule has 0 spiro atoms. The number of nitrogens with zero attached hydrogens (tertiary/aromatic N) is 7. The van der Waals surface area contributed by atoms with Crippen molar-refractivity contribution in [2.45, 2.75) is 0 Å². The number of pyridine rings is 1. The van der Waals surface area contributed by atoms with E-state index in [2.05, 4.69) is 37.1 Å². The quantitative estimate of drug-likeness (QED) is 0.307. The Kier molecular flexibility index (Phi) is 6.46. The fraction of sp³-hybridized carbons (Fsp3) is 0.174. The summed E-state index contributed by atoms with van der Waals surface area (Å²) in [5.41, 5.74) is 1.08. The number of hydrogen-bond acceptors (Lipinski definition) is 7. The van der Waals surface area contributed by atoms with Crippen molar-refractivity contribution in [3.05, 3.63) is 96.9 Å². The summed E-state index contributed by atoms with van der Waals surface area (Å²) >= 11 is 0. The molecule has 13 heteroatoms. The number of fused-ring (bicyclic) bond motifs is 3. The van der Waals surface area contributed by atoms with Gasteiger partial charge in [-0.1, -0.05) is 24.3 Å². The van der Waals surface area contributed by atoms with Crippen LogP contribution in [0.5, 0.6) is 0 Å². The second-order valence-electron chi connectivity index (χ2n) is 7.81. The second kappa shape index (κ2) is 9.66. The molecule has 36 heavy (non-hydrogen) atoms. The molecule has 5 heterocycles. The normalized spacial score (nSPS) is 10.7. The molecular weight excluding hydrogens is 466 g/mol. The van der Waals surface area contributed by atoms with Crippen molar-refractivity contribution in [3.63, 3.8) is 0 Å². The molecule has 5 aromatic heterocycles. The third-order valence-electron chi connectivity index (χ3n) is 5.57. The summed E-state index contributed by atoms with van der Waals surface area (Å²) in [4.78, 5) is 62.9. The van der Waals surface area contributed by atoms with Gasteiger partial charge < -0.3 is 9.97 Å². The van der Waals surface area contributed by atoms with E-state index in [-0.39, 0.29) is 22.5 Å². The van der Waals surface area contributed by atoms with Crippen molar-refractivity contribution in [2.75, 3.05) is 0 Å². The summed E-state index contributed by atoms with van der Waals surface area (Å²) in [5.74, 6) is 0. The number of aromatic amines is 2. The standard InChI is InChI=1S/C9H7N.2C7H8N4O2/c1-2-6-9-8(4-1)5-3-7-10-9;2*1-10-5-4(8-3-9-5)6(12)11(2)7(10)13/h1-7H;2*3H,1-2H3,(H,8,9). The maximum Gasteiger partial charge on any atom is 0.332 e. The van der Waals surface area contributed by atoms with Gasteiger partial charge >= 0.3 is 11.4 Å². The molecular formula is C23H23N9O4. The molecule has 0 bridgehead atoms. The van der Waals surface area contributed by atoms with Crippen LogP contribution in [0.25, 0.3) is 33.2 Å². The van der Waals surface area contributed by atoms with Crippen molar-refractivity contribution in [1.82, 2.24) is 43.2 Å². The monoisotopic (exact) mass is 489 g/mol. The first-order valence-electron chi connectivity index (χ1n) is 10.7. The van der Waals surface area contributed by atoms with E-state index in [1.165, 1.54) is 41.3 Å². The maximum absolute atomic E-state index is 11.4. The van der Waals surface area contributed by atoms with Crippen molar-refractivity contribution in [1.29, 1.82) is 0 Å². The molecule has 6 aromatic rings. The van der Waals surface area contributed by atoms with Crippen LogP contribution in [0.1, 0.15) is 0 Å². The highest BCUT2D eigenvalue weighted by atomic mass is 16.2. The third-order valence-corrected chi connectivity index (χ3v) is 5.57. The van der Waals surface area contributed by atoms with Gasteiger partial charge in [0.25, 0.3) is 11.1 Å². The first kappa shape index (κ1) is 24.1. The lowest BCUT2D eigenvalue weighted by atomic mass is 10.2. The Labute approximate surface area is 202 Å². The van der Waals surface area contributed by atoms with E-state index < -0.39 is 0 Å². The molecule has 184 valence electrons. The fourth-order valence-corrected chi connectivity index (χ4v) is 3.55. The van der Waals surface area contributed by atoms with Crippen LogP contribution in [0.4, 0.5) is 0 Å². The Morgan fingerprint density at radius 2 is 1.08 bits per heavy atom. The van der Waals surface area contributed by atoms with Gasteiger partial charge in [0, 0.05) is 39.8 Å². The summed E-state index contributed by atoms with van der Waals surface area (Å²) < 4.78 is 4.74. The van der Waals surface area contributed by atoms with E-state index in [0.29, 0.717) is 22.3 Å². The van der Waals surface area contributed by atoms with E-state index in [1.807, 2.05) is 30.5 Å². The van der Waals surface area contributed by atoms with Gasteiger partial charge in [-0.3, -0.25) is 32.8 Å². The lowest BCUT2D eigenvalue weighted by molar-refractivity contribution is 0.709. The highest BCUT2D eigenvalue weighted by molar-refractivity contribution is 5.77. The molecule has 0 unspecified atom stereocenters. The lowest BCUT2D eigenvalue weighted by Gasteiger charge is -2.00. The van der Waals surface area contributed by atoms with Gasteiger partial charge in [-0.15, -0.1) is 0 Å². The topological polar surface area (TPSA) is 158 Å². The predicted molar refractivity (Wildman–Crippen MR) is 135 cm³/mol. The molecule has 0 aliphatic rings. The average Bonchev–Trinajstić information content (AvgIpc) is 3.60. The predicted octanol–water partition coefficient (Wildman–Crippen LogP) is 0.155. The molecule has 0 amide bonds. The number of hydrogen-bond donors (Lipinski definition) is 2. The lowest BCUT2D eigenvalue weighted by Crippen LogP contribution is -2.36. The van der Waals surface area contributed by atoms with E-state index in [1.54, 1.807) is 14.1 Å². The number of para-hydroxylation sites is 1. The summed E-state index contributed by atoms with van der Waals surface area (Å²) in [5, 5.41) is 1.20. The number of aromatic nitrogens is 9. The van der Waals surface area contributed by atoms with Crippen LogP contribution in [0.3, 0.4) is 0 Å². The van der Waals surface area contributed by atoms with E-state index in [0.717, 1.165) is 14.7 Å². The smallest absolute Gasteiger partial charge is 0.332 e. The molecule has 6 rings (SSSR count). The number of aryl methyl sites for hydroxylation is 2. The van der Waals surface area contributed by atoms with Gasteiger partial charge in [-0.25, -0.2) is 19.6 Å². The van der Waals surface area contributed by atoms with Gasteiger partial charge in [-0.2, -0.15) is 0 Å². The third kappa shape index (κ3) is 4.24. The summed E-state index contributed by atoms with van der Waals surface area (Å²) in [7, 11) is 6.02. The summed E-state index contributed by atoms with van der Waals surface area (Å²) in [6, 6.07) is 12.1. The Bertz CT molecular complexity index is 1760. The number of H-pyrrole nitrogens is 2. The molecule has 0 saturated carbocycles. The van der Waals surface area contributed by atoms with Crippen LogP contribution in [-0.2, 0) is 28.2 Å². The fourth-order valence-electron chi connectivity index (χ4n) is 3.55. The number of rotatable bonds is 0. The maximum atomic E-state index is 11.4. The Balaban J connectivity index is 0.000000128. The Morgan fingerprint density at radius 1 is 0.611 bits per heavy atom.